The molecule has 7 heteroatoms. The number of aromatic nitrogens is 2. The molecule has 0 aliphatic heterocycles. The molecule has 2 aromatic carbocycles. The Balaban J connectivity index is 1.35. The van der Waals surface area contributed by atoms with Gasteiger partial charge in [0.15, 0.2) is 5.58 Å². The highest BCUT2D eigenvalue weighted by molar-refractivity contribution is 7.09. The van der Waals surface area contributed by atoms with Crippen LogP contribution in [0.5, 0.6) is 0 Å². The van der Waals surface area contributed by atoms with Gasteiger partial charge in [0.25, 0.3) is 0 Å². The van der Waals surface area contributed by atoms with Crippen LogP contribution in [0.1, 0.15) is 10.6 Å². The number of nitrogens with zero attached hydrogens (tertiary/aromatic N) is 1. The highest BCUT2D eigenvalue weighted by Crippen LogP contribution is 2.25. The van der Waals surface area contributed by atoms with E-state index < -0.39 is 5.76 Å². The fraction of sp³-hybridized carbons (Fsp3) is 0.150. The first kappa shape index (κ1) is 17.2. The van der Waals surface area contributed by atoms with Crippen LogP contribution in [0.4, 0.5) is 0 Å². The predicted molar refractivity (Wildman–Crippen MR) is 105 cm³/mol. The molecule has 6 nitrogen and oxygen atoms in total. The van der Waals surface area contributed by atoms with Crippen LogP contribution in [0.15, 0.2) is 63.1 Å². The number of H-pyrrole nitrogens is 1. The molecule has 0 fully saturated rings. The number of fused-ring (bicyclic) bond motifs is 1. The lowest BCUT2D eigenvalue weighted by Crippen LogP contribution is -2.27. The lowest BCUT2D eigenvalue weighted by atomic mass is 10.1. The Morgan fingerprint density at radius 3 is 2.89 bits per heavy atom. The van der Waals surface area contributed by atoms with Crippen LogP contribution in [0, 0.1) is 0 Å². The van der Waals surface area contributed by atoms with Gasteiger partial charge in [-0.25, -0.2) is 9.78 Å². The van der Waals surface area contributed by atoms with Gasteiger partial charge in [-0.05, 0) is 17.7 Å². The van der Waals surface area contributed by atoms with Gasteiger partial charge >= 0.3 is 5.76 Å². The van der Waals surface area contributed by atoms with Crippen molar-refractivity contribution in [2.24, 2.45) is 0 Å². The van der Waals surface area contributed by atoms with Crippen molar-refractivity contribution in [1.29, 1.82) is 0 Å². The minimum absolute atomic E-state index is 0.00548. The second kappa shape index (κ2) is 7.59. The molecular weight excluding hydrogens is 362 g/mol. The van der Waals surface area contributed by atoms with Crippen molar-refractivity contribution in [1.82, 2.24) is 15.3 Å². The summed E-state index contributed by atoms with van der Waals surface area (Å²) in [6.45, 7) is 0.546. The average Bonchev–Trinajstić information content (AvgIpc) is 3.27. The Hall–Kier alpha value is -3.19. The number of hydrogen-bond donors (Lipinski definition) is 2. The number of aromatic amines is 1. The molecule has 136 valence electrons. The Labute approximate surface area is 158 Å². The first-order valence-corrected chi connectivity index (χ1v) is 9.43. The van der Waals surface area contributed by atoms with E-state index in [1.54, 1.807) is 23.5 Å². The standard InChI is InChI=1S/C20H17N3O3S/c24-18(10-13-4-2-1-3-5-13)21-9-8-19-22-16(12-27-19)14-6-7-15-17(11-14)26-20(25)23-15/h1-7,11-12H,8-10H2,(H,21,24)(H,23,25). The molecule has 0 atom stereocenters. The van der Waals surface area contributed by atoms with Crippen LogP contribution in [-0.2, 0) is 17.6 Å². The summed E-state index contributed by atoms with van der Waals surface area (Å²) in [5.41, 5.74) is 3.90. The van der Waals surface area contributed by atoms with E-state index >= 15 is 0 Å². The van der Waals surface area contributed by atoms with Crippen LogP contribution in [-0.4, -0.2) is 22.4 Å². The van der Waals surface area contributed by atoms with Gasteiger partial charge in [-0.2, -0.15) is 0 Å². The fourth-order valence-corrected chi connectivity index (χ4v) is 3.62. The third-order valence-electron chi connectivity index (χ3n) is 4.14. The quantitative estimate of drug-likeness (QED) is 0.539. The number of thiazole rings is 1. The van der Waals surface area contributed by atoms with Gasteiger partial charge in [0.05, 0.1) is 22.6 Å². The van der Waals surface area contributed by atoms with Crippen molar-refractivity contribution in [2.45, 2.75) is 12.8 Å². The SMILES string of the molecule is O=C(Cc1ccccc1)NCCc1nc(-c2ccc3[nH]c(=O)oc3c2)cs1. The van der Waals surface area contributed by atoms with E-state index in [4.69, 9.17) is 4.42 Å². The zero-order valence-corrected chi connectivity index (χ0v) is 15.2. The van der Waals surface area contributed by atoms with E-state index in [1.165, 1.54) is 0 Å². The number of carbonyl (C=O) groups excluding carboxylic acids is 1. The van der Waals surface area contributed by atoms with Crippen molar-refractivity contribution in [3.63, 3.8) is 0 Å². The second-order valence-electron chi connectivity index (χ2n) is 6.11. The van der Waals surface area contributed by atoms with E-state index in [-0.39, 0.29) is 5.91 Å². The first-order chi connectivity index (χ1) is 13.2. The molecule has 4 aromatic rings. The summed E-state index contributed by atoms with van der Waals surface area (Å²) in [5.74, 6) is -0.460. The lowest BCUT2D eigenvalue weighted by Gasteiger charge is -2.04. The molecular formula is C20H17N3O3S. The Kier molecular flexibility index (Phi) is 4.84. The van der Waals surface area contributed by atoms with Gasteiger partial charge in [-0.3, -0.25) is 9.78 Å². The van der Waals surface area contributed by atoms with Crippen LogP contribution in [0.2, 0.25) is 0 Å². The van der Waals surface area contributed by atoms with Crippen molar-refractivity contribution >= 4 is 28.3 Å². The first-order valence-electron chi connectivity index (χ1n) is 8.56. The summed E-state index contributed by atoms with van der Waals surface area (Å²) in [4.78, 5) is 30.5. The number of benzene rings is 2. The van der Waals surface area contributed by atoms with Gasteiger partial charge in [0.2, 0.25) is 5.91 Å². The van der Waals surface area contributed by atoms with Crippen LogP contribution in [0.25, 0.3) is 22.4 Å². The molecule has 0 aliphatic carbocycles. The van der Waals surface area contributed by atoms with E-state index in [2.05, 4.69) is 15.3 Å². The molecule has 0 unspecified atom stereocenters. The number of rotatable bonds is 6. The van der Waals surface area contributed by atoms with Crippen LogP contribution < -0.4 is 11.1 Å². The van der Waals surface area contributed by atoms with Crippen LogP contribution >= 0.6 is 11.3 Å². The smallest absolute Gasteiger partial charge is 0.408 e. The zero-order chi connectivity index (χ0) is 18.6. The third kappa shape index (κ3) is 4.15. The van der Waals surface area contributed by atoms with Gasteiger partial charge in [-0.15, -0.1) is 11.3 Å². The molecule has 2 heterocycles. The van der Waals surface area contributed by atoms with Crippen molar-refractivity contribution in [2.75, 3.05) is 6.54 Å². The van der Waals surface area contributed by atoms with Crippen LogP contribution in [0.3, 0.4) is 0 Å². The molecule has 1 amide bonds. The fourth-order valence-electron chi connectivity index (χ4n) is 2.82. The summed E-state index contributed by atoms with van der Waals surface area (Å²) in [5, 5.41) is 5.84. The number of oxazole rings is 1. The number of carbonyl (C=O) groups is 1. The minimum atomic E-state index is -0.465. The number of amides is 1. The van der Waals surface area contributed by atoms with E-state index in [1.807, 2.05) is 41.8 Å². The summed E-state index contributed by atoms with van der Waals surface area (Å²) in [6, 6.07) is 15.2. The number of nitrogens with one attached hydrogen (secondary N) is 2. The molecule has 2 aromatic heterocycles. The van der Waals surface area contributed by atoms with Crippen molar-refractivity contribution in [3.05, 3.63) is 75.0 Å². The molecule has 0 radical (unpaired) electrons. The lowest BCUT2D eigenvalue weighted by molar-refractivity contribution is -0.120. The molecule has 4 rings (SSSR count). The highest BCUT2D eigenvalue weighted by atomic mass is 32.1. The molecule has 0 saturated carbocycles. The van der Waals surface area contributed by atoms with Crippen molar-refractivity contribution < 1.29 is 9.21 Å². The molecule has 0 spiro atoms. The molecule has 0 aliphatic rings. The topological polar surface area (TPSA) is 88.0 Å². The van der Waals surface area contributed by atoms with Gasteiger partial charge < -0.3 is 9.73 Å². The van der Waals surface area contributed by atoms with Crippen molar-refractivity contribution in [3.8, 4) is 11.3 Å². The normalized spacial score (nSPS) is 11.0. The average molecular weight is 379 g/mol. The predicted octanol–water partition coefficient (Wildman–Crippen LogP) is 3.15. The second-order valence-corrected chi connectivity index (χ2v) is 7.06. The Bertz CT molecular complexity index is 1130. The van der Waals surface area contributed by atoms with Gasteiger partial charge in [-0.1, -0.05) is 36.4 Å². The largest absolute Gasteiger partial charge is 0.417 e. The Morgan fingerprint density at radius 2 is 2.04 bits per heavy atom. The monoisotopic (exact) mass is 379 g/mol. The minimum Gasteiger partial charge on any atom is -0.408 e. The summed E-state index contributed by atoms with van der Waals surface area (Å²) in [7, 11) is 0. The number of hydrogen-bond acceptors (Lipinski definition) is 5. The highest BCUT2D eigenvalue weighted by Gasteiger charge is 2.09. The maximum atomic E-state index is 12.0. The van der Waals surface area contributed by atoms with E-state index in [0.29, 0.717) is 30.5 Å². The Morgan fingerprint density at radius 1 is 1.19 bits per heavy atom. The molecule has 0 saturated heterocycles. The van der Waals surface area contributed by atoms with E-state index in [9.17, 15) is 9.59 Å². The molecule has 2 N–H and O–H groups in total. The maximum Gasteiger partial charge on any atom is 0.417 e. The third-order valence-corrected chi connectivity index (χ3v) is 5.05. The summed E-state index contributed by atoms with van der Waals surface area (Å²) < 4.78 is 5.09. The summed E-state index contributed by atoms with van der Waals surface area (Å²) >= 11 is 1.55. The maximum absolute atomic E-state index is 12.0. The molecule has 0 bridgehead atoms. The van der Waals surface area contributed by atoms with Gasteiger partial charge in [0, 0.05) is 23.9 Å². The molecule has 27 heavy (non-hydrogen) atoms. The van der Waals surface area contributed by atoms with Gasteiger partial charge in [0.1, 0.15) is 0 Å². The van der Waals surface area contributed by atoms with E-state index in [0.717, 1.165) is 21.8 Å². The summed E-state index contributed by atoms with van der Waals surface area (Å²) in [6.07, 6.45) is 1.05. The zero-order valence-electron chi connectivity index (χ0n) is 14.4.